The Bertz CT molecular complexity index is 2620. The number of benzene rings is 5. The Kier molecular flexibility index (Phi) is 15.5. The second-order valence-electron chi connectivity index (χ2n) is 14.3. The molecule has 3 nitrogen and oxygen atoms in total. The molecule has 0 radical (unpaired) electrons. The summed E-state index contributed by atoms with van der Waals surface area (Å²) < 4.78 is 0. The number of rotatable bonds is 7. The van der Waals surface area contributed by atoms with Crippen LogP contribution in [-0.4, -0.2) is 4.98 Å². The van der Waals surface area contributed by atoms with E-state index in [1.807, 2.05) is 58.9 Å². The van der Waals surface area contributed by atoms with Gasteiger partial charge in [0, 0.05) is 45.3 Å². The summed E-state index contributed by atoms with van der Waals surface area (Å²) in [6.45, 7) is 18.0. The molecule has 6 aromatic rings. The van der Waals surface area contributed by atoms with Crippen LogP contribution in [0.25, 0.3) is 44.9 Å². The highest BCUT2D eigenvalue weighted by Gasteiger charge is 2.20. The van der Waals surface area contributed by atoms with E-state index in [-0.39, 0.29) is 6.04 Å². The first-order valence-corrected chi connectivity index (χ1v) is 21.7. The van der Waals surface area contributed by atoms with Gasteiger partial charge in [0.05, 0.1) is 11.7 Å². The first-order chi connectivity index (χ1) is 30.1. The van der Waals surface area contributed by atoms with Crippen molar-refractivity contribution in [1.82, 2.24) is 10.3 Å². The summed E-state index contributed by atoms with van der Waals surface area (Å²) in [5.41, 5.74) is 16.5. The van der Waals surface area contributed by atoms with Crippen LogP contribution in [0.15, 0.2) is 208 Å². The van der Waals surface area contributed by atoms with Crippen LogP contribution in [-0.2, 0) is 6.42 Å². The van der Waals surface area contributed by atoms with Gasteiger partial charge < -0.3 is 15.2 Å². The summed E-state index contributed by atoms with van der Waals surface area (Å²) in [5, 5.41) is 5.05. The van der Waals surface area contributed by atoms with Crippen molar-refractivity contribution in [3.05, 3.63) is 241 Å². The average molecular weight is 798 g/mol. The average Bonchev–Trinajstić information content (AvgIpc) is 3.71. The van der Waals surface area contributed by atoms with E-state index in [0.717, 1.165) is 41.1 Å². The van der Waals surface area contributed by atoms with Crippen molar-refractivity contribution in [3.63, 3.8) is 0 Å². The minimum absolute atomic E-state index is 0.0714. The molecule has 3 aliphatic rings. The zero-order valence-electron chi connectivity index (χ0n) is 36.4. The molecule has 0 saturated carbocycles. The molecule has 3 heterocycles. The van der Waals surface area contributed by atoms with Gasteiger partial charge in [0.2, 0.25) is 0 Å². The largest absolute Gasteiger partial charge is 0.374 e. The van der Waals surface area contributed by atoms with Crippen LogP contribution in [0.2, 0.25) is 0 Å². The number of hydrogen-bond acceptors (Lipinski definition) is 2. The molecule has 0 saturated heterocycles. The molecule has 2 aliphatic heterocycles. The maximum atomic E-state index is 4.48. The van der Waals surface area contributed by atoms with Gasteiger partial charge in [-0.25, -0.2) is 0 Å². The molecule has 0 fully saturated rings. The summed E-state index contributed by atoms with van der Waals surface area (Å²) in [7, 11) is 0. The molecule has 1 unspecified atom stereocenters. The number of aromatic nitrogens is 1. The van der Waals surface area contributed by atoms with E-state index in [4.69, 9.17) is 0 Å². The first kappa shape index (κ1) is 43.5. The lowest BCUT2D eigenvalue weighted by atomic mass is 9.93. The Hall–Kier alpha value is -7.10. The molecule has 1 atom stereocenters. The highest BCUT2D eigenvalue weighted by Crippen LogP contribution is 2.40. The number of nitrogens with zero attached hydrogens (tertiary/aromatic N) is 1. The Labute approximate surface area is 364 Å². The lowest BCUT2D eigenvalue weighted by Crippen LogP contribution is -2.21. The van der Waals surface area contributed by atoms with E-state index >= 15 is 0 Å². The van der Waals surface area contributed by atoms with Crippen LogP contribution >= 0.6 is 0 Å². The minimum Gasteiger partial charge on any atom is -0.374 e. The molecule has 1 aromatic heterocycles. The quantitative estimate of drug-likeness (QED) is 0.158. The third-order valence-electron chi connectivity index (χ3n) is 10.6. The molecule has 5 aromatic carbocycles. The van der Waals surface area contributed by atoms with Gasteiger partial charge in [-0.3, -0.25) is 0 Å². The van der Waals surface area contributed by atoms with Gasteiger partial charge in [-0.15, -0.1) is 0 Å². The van der Waals surface area contributed by atoms with Crippen molar-refractivity contribution >= 4 is 45.2 Å². The zero-order valence-corrected chi connectivity index (χ0v) is 36.4. The number of dihydropyridines is 1. The number of aryl methyl sites for hydroxylation is 1. The highest BCUT2D eigenvalue weighted by atomic mass is 15.1. The van der Waals surface area contributed by atoms with Gasteiger partial charge in [-0.05, 0) is 113 Å². The zero-order chi connectivity index (χ0) is 43.0. The molecule has 0 bridgehead atoms. The predicted octanol–water partition coefficient (Wildman–Crippen LogP) is 16.2. The van der Waals surface area contributed by atoms with E-state index in [9.17, 15) is 0 Å². The summed E-state index contributed by atoms with van der Waals surface area (Å²) >= 11 is 0. The normalized spacial score (nSPS) is 16.1. The van der Waals surface area contributed by atoms with Gasteiger partial charge in [0.15, 0.2) is 0 Å². The van der Waals surface area contributed by atoms with E-state index < -0.39 is 0 Å². The molecular formula is C58H59N3. The SMILES string of the molecule is C=C/C=C\C=C/C.C=C1/C=C\C=C/N(c2ccc(C3=CC(c4ccccc4)NC(c4ccccc4)=C3)cc2)c2ccc(-c3ccc4[nH]c5c(c4c3)C=CCC5)cc21.CC.CC. The smallest absolute Gasteiger partial charge is 0.0707 e. The van der Waals surface area contributed by atoms with E-state index in [2.05, 4.69) is 198 Å². The molecule has 0 amide bonds. The van der Waals surface area contributed by atoms with Crippen molar-refractivity contribution in [1.29, 1.82) is 0 Å². The van der Waals surface area contributed by atoms with Crippen LogP contribution in [0.5, 0.6) is 0 Å². The van der Waals surface area contributed by atoms with Crippen molar-refractivity contribution in [2.24, 2.45) is 0 Å². The van der Waals surface area contributed by atoms with Crippen LogP contribution in [0.3, 0.4) is 0 Å². The van der Waals surface area contributed by atoms with Crippen molar-refractivity contribution in [2.75, 3.05) is 4.90 Å². The third-order valence-corrected chi connectivity index (χ3v) is 10.6. The summed E-state index contributed by atoms with van der Waals surface area (Å²) in [6, 6.07) is 43.7. The minimum atomic E-state index is 0.0714. The fraction of sp³-hybridized carbons (Fsp3) is 0.138. The topological polar surface area (TPSA) is 31.1 Å². The van der Waals surface area contributed by atoms with Gasteiger partial charge in [-0.2, -0.15) is 0 Å². The molecular weight excluding hydrogens is 739 g/mol. The van der Waals surface area contributed by atoms with Crippen molar-refractivity contribution in [3.8, 4) is 11.1 Å². The number of H-pyrrole nitrogens is 1. The second kappa shape index (κ2) is 21.8. The number of aromatic amines is 1. The van der Waals surface area contributed by atoms with Gasteiger partial charge in [0.25, 0.3) is 0 Å². The predicted molar refractivity (Wildman–Crippen MR) is 269 cm³/mol. The molecule has 61 heavy (non-hydrogen) atoms. The standard InChI is InChI=1S/C47H37N3.C7H10.2C2H6/c1-32-12-10-11-27-50(47-26-22-37(28-41(32)47)36-21-25-44-42(29-36)40-17-8-9-18-43(40)48-44)39-23-19-33(20-24-39)38-30-45(34-13-4-2-5-14-34)49-46(31-38)35-15-6-3-7-16-35;1-3-5-7-6-4-2;2*1-2/h2-8,10-17,19-31,45,48-49H,1,9,18H2;3-7H,1H2,2H3;2*1-2H3/b12-10-,27-11-;6-4-,7-5-;;. The Morgan fingerprint density at radius 3 is 2.15 bits per heavy atom. The van der Waals surface area contributed by atoms with Crippen molar-refractivity contribution < 1.29 is 0 Å². The second-order valence-corrected chi connectivity index (χ2v) is 14.3. The molecule has 3 heteroatoms. The van der Waals surface area contributed by atoms with Gasteiger partial charge in [0.1, 0.15) is 0 Å². The fourth-order valence-electron chi connectivity index (χ4n) is 7.66. The van der Waals surface area contributed by atoms with Crippen LogP contribution in [0, 0.1) is 0 Å². The fourth-order valence-corrected chi connectivity index (χ4v) is 7.66. The summed E-state index contributed by atoms with van der Waals surface area (Å²) in [6.07, 6.45) is 29.2. The number of nitrogens with one attached hydrogen (secondary N) is 2. The van der Waals surface area contributed by atoms with Crippen LogP contribution in [0.4, 0.5) is 11.4 Å². The monoisotopic (exact) mass is 797 g/mol. The Morgan fingerprint density at radius 1 is 0.705 bits per heavy atom. The van der Waals surface area contributed by atoms with Gasteiger partial charge >= 0.3 is 0 Å². The van der Waals surface area contributed by atoms with E-state index in [1.165, 1.54) is 55.6 Å². The van der Waals surface area contributed by atoms with Crippen LogP contribution < -0.4 is 10.2 Å². The Morgan fingerprint density at radius 2 is 1.41 bits per heavy atom. The molecule has 9 rings (SSSR count). The van der Waals surface area contributed by atoms with Crippen molar-refractivity contribution in [2.45, 2.75) is 53.5 Å². The van der Waals surface area contributed by atoms with Crippen LogP contribution in [0.1, 0.15) is 80.6 Å². The Balaban J connectivity index is 0.000000511. The molecule has 0 spiro atoms. The first-order valence-electron chi connectivity index (χ1n) is 21.7. The summed E-state index contributed by atoms with van der Waals surface area (Å²) in [5.74, 6) is 0. The van der Waals surface area contributed by atoms with E-state index in [1.54, 1.807) is 6.08 Å². The number of anilines is 2. The third kappa shape index (κ3) is 10.4. The lowest BCUT2D eigenvalue weighted by molar-refractivity contribution is 0.767. The molecule has 2 N–H and O–H groups in total. The summed E-state index contributed by atoms with van der Waals surface area (Å²) in [4.78, 5) is 5.90. The maximum absolute atomic E-state index is 4.48. The number of hydrogen-bond donors (Lipinski definition) is 2. The highest BCUT2D eigenvalue weighted by molar-refractivity contribution is 5.95. The molecule has 306 valence electrons. The van der Waals surface area contributed by atoms with E-state index in [0.29, 0.717) is 0 Å². The number of allylic oxidation sites excluding steroid dienone is 12. The lowest BCUT2D eigenvalue weighted by Gasteiger charge is -2.27. The maximum Gasteiger partial charge on any atom is 0.0707 e. The van der Waals surface area contributed by atoms with Gasteiger partial charge in [-0.1, -0.05) is 180 Å². The number of fused-ring (bicyclic) bond motifs is 4. The molecule has 1 aliphatic carbocycles.